The summed E-state index contributed by atoms with van der Waals surface area (Å²) in [7, 11) is 0. The Hall–Kier alpha value is -0.380. The lowest BCUT2D eigenvalue weighted by Gasteiger charge is -2.46. The van der Waals surface area contributed by atoms with E-state index in [1.165, 1.54) is 0 Å². The second-order valence-electron chi connectivity index (χ2n) is 6.14. The summed E-state index contributed by atoms with van der Waals surface area (Å²) >= 11 is 0. The summed E-state index contributed by atoms with van der Waals surface area (Å²) in [5.41, 5.74) is -1.59. The third-order valence-corrected chi connectivity index (χ3v) is 4.13. The van der Waals surface area contributed by atoms with Crippen molar-refractivity contribution in [3.63, 3.8) is 0 Å². The minimum atomic E-state index is -0.842. The molecular weight excluding hydrogens is 204 g/mol. The Morgan fingerprint density at radius 1 is 1.31 bits per heavy atom. The van der Waals surface area contributed by atoms with Crippen LogP contribution in [0, 0.1) is 5.41 Å². The van der Waals surface area contributed by atoms with Crippen LogP contribution < -0.4 is 0 Å². The van der Waals surface area contributed by atoms with Crippen molar-refractivity contribution in [3.8, 4) is 0 Å². The van der Waals surface area contributed by atoms with Gasteiger partial charge in [-0.25, -0.2) is 0 Å². The Kier molecular flexibility index (Phi) is 2.50. The molecule has 0 aromatic carbocycles. The Morgan fingerprint density at radius 2 is 1.94 bits per heavy atom. The van der Waals surface area contributed by atoms with Crippen molar-refractivity contribution in [3.05, 3.63) is 12.2 Å². The summed E-state index contributed by atoms with van der Waals surface area (Å²) in [6, 6.07) is 0. The molecule has 2 aliphatic heterocycles. The fourth-order valence-corrected chi connectivity index (χ4v) is 3.47. The number of fused-ring (bicyclic) bond motifs is 2. The van der Waals surface area contributed by atoms with Gasteiger partial charge in [0.05, 0.1) is 17.8 Å². The first-order valence-corrected chi connectivity index (χ1v) is 5.98. The van der Waals surface area contributed by atoms with E-state index in [4.69, 9.17) is 4.74 Å². The van der Waals surface area contributed by atoms with Gasteiger partial charge in [-0.2, -0.15) is 0 Å². The van der Waals surface area contributed by atoms with Crippen LogP contribution in [0.3, 0.4) is 0 Å². The van der Waals surface area contributed by atoms with E-state index in [1.807, 2.05) is 13.0 Å². The molecule has 2 N–H and O–H groups in total. The maximum Gasteiger partial charge on any atom is 0.120 e. The molecule has 2 saturated heterocycles. The molecule has 92 valence electrons. The molecule has 16 heavy (non-hydrogen) atoms. The van der Waals surface area contributed by atoms with Gasteiger partial charge in [-0.15, -0.1) is 0 Å². The summed E-state index contributed by atoms with van der Waals surface area (Å²) in [6.45, 7) is 7.77. The number of aliphatic hydroxyl groups excluding tert-OH is 1. The number of ether oxygens (including phenoxy) is 1. The predicted octanol–water partition coefficient (Wildman–Crippen LogP) is 1.63. The number of hydrogen-bond donors (Lipinski definition) is 2. The predicted molar refractivity (Wildman–Crippen MR) is 62.1 cm³/mol. The third-order valence-electron chi connectivity index (χ3n) is 4.13. The zero-order valence-electron chi connectivity index (χ0n) is 10.5. The molecule has 3 nitrogen and oxygen atoms in total. The van der Waals surface area contributed by atoms with Gasteiger partial charge in [0.25, 0.3) is 0 Å². The van der Waals surface area contributed by atoms with Crippen molar-refractivity contribution in [1.29, 1.82) is 0 Å². The van der Waals surface area contributed by atoms with Crippen LogP contribution in [0.15, 0.2) is 12.2 Å². The maximum atomic E-state index is 10.5. The molecule has 2 rings (SSSR count). The molecule has 4 unspecified atom stereocenters. The fourth-order valence-electron chi connectivity index (χ4n) is 3.47. The van der Waals surface area contributed by atoms with E-state index in [-0.39, 0.29) is 11.5 Å². The van der Waals surface area contributed by atoms with E-state index in [9.17, 15) is 10.2 Å². The van der Waals surface area contributed by atoms with Crippen molar-refractivity contribution in [2.75, 3.05) is 0 Å². The average molecular weight is 226 g/mol. The monoisotopic (exact) mass is 226 g/mol. The van der Waals surface area contributed by atoms with E-state index in [0.717, 1.165) is 6.42 Å². The fraction of sp³-hybridized carbons (Fsp3) is 0.846. The highest BCUT2D eigenvalue weighted by Gasteiger charge is 2.67. The second-order valence-corrected chi connectivity index (χ2v) is 6.14. The molecule has 4 atom stereocenters. The Bertz CT molecular complexity index is 297. The van der Waals surface area contributed by atoms with Crippen LogP contribution in [0.1, 0.15) is 40.5 Å². The molecule has 2 bridgehead atoms. The van der Waals surface area contributed by atoms with Crippen LogP contribution in [0.5, 0.6) is 0 Å². The van der Waals surface area contributed by atoms with Gasteiger partial charge in [-0.1, -0.05) is 26.0 Å². The molecule has 0 spiro atoms. The van der Waals surface area contributed by atoms with Crippen molar-refractivity contribution in [2.24, 2.45) is 5.41 Å². The normalized spacial score (nSPS) is 47.8. The van der Waals surface area contributed by atoms with Crippen molar-refractivity contribution >= 4 is 0 Å². The van der Waals surface area contributed by atoms with Gasteiger partial charge in [0.1, 0.15) is 5.60 Å². The summed E-state index contributed by atoms with van der Waals surface area (Å²) in [5, 5.41) is 19.9. The zero-order chi connectivity index (χ0) is 12.2. The van der Waals surface area contributed by atoms with Gasteiger partial charge in [0.2, 0.25) is 0 Å². The third kappa shape index (κ3) is 1.45. The van der Waals surface area contributed by atoms with Gasteiger partial charge < -0.3 is 14.9 Å². The van der Waals surface area contributed by atoms with Crippen LogP contribution in [-0.4, -0.2) is 33.6 Å². The topological polar surface area (TPSA) is 49.7 Å². The van der Waals surface area contributed by atoms with Crippen LogP contribution in [0.4, 0.5) is 0 Å². The van der Waals surface area contributed by atoms with E-state index in [0.29, 0.717) is 6.42 Å². The number of rotatable bonds is 2. The van der Waals surface area contributed by atoms with E-state index in [1.54, 1.807) is 13.0 Å². The first-order chi connectivity index (χ1) is 7.20. The van der Waals surface area contributed by atoms with Crippen LogP contribution in [0.25, 0.3) is 0 Å². The van der Waals surface area contributed by atoms with Crippen molar-refractivity contribution < 1.29 is 14.9 Å². The van der Waals surface area contributed by atoms with Gasteiger partial charge in [0, 0.05) is 11.8 Å². The molecular formula is C13H22O3. The highest BCUT2D eigenvalue weighted by Crippen LogP contribution is 2.60. The first-order valence-electron chi connectivity index (χ1n) is 5.98. The number of aliphatic hydroxyl groups is 2. The lowest BCUT2D eigenvalue weighted by molar-refractivity contribution is -0.115. The highest BCUT2D eigenvalue weighted by atomic mass is 16.5. The average Bonchev–Trinajstić information content (AvgIpc) is 2.46. The molecule has 2 aliphatic rings. The smallest absolute Gasteiger partial charge is 0.120 e. The summed E-state index contributed by atoms with van der Waals surface area (Å²) in [5.74, 6) is 0. The molecule has 0 radical (unpaired) electrons. The first kappa shape index (κ1) is 12.1. The van der Waals surface area contributed by atoms with Crippen LogP contribution >= 0.6 is 0 Å². The quantitative estimate of drug-likeness (QED) is 0.704. The molecule has 0 saturated carbocycles. The Labute approximate surface area is 97.1 Å². The Balaban J connectivity index is 2.40. The van der Waals surface area contributed by atoms with Gasteiger partial charge in [0.15, 0.2) is 0 Å². The van der Waals surface area contributed by atoms with Crippen LogP contribution in [0.2, 0.25) is 0 Å². The van der Waals surface area contributed by atoms with E-state index >= 15 is 0 Å². The van der Waals surface area contributed by atoms with Gasteiger partial charge in [-0.3, -0.25) is 0 Å². The highest BCUT2D eigenvalue weighted by molar-refractivity contribution is 5.27. The summed E-state index contributed by atoms with van der Waals surface area (Å²) < 4.78 is 5.99. The SMILES string of the molecule is CC(O)C=CC12OC(CC1(C)C)CC2(C)O. The number of hydrogen-bond acceptors (Lipinski definition) is 3. The molecule has 2 fully saturated rings. The largest absolute Gasteiger partial charge is 0.389 e. The molecule has 0 amide bonds. The minimum absolute atomic E-state index is 0.0925. The maximum absolute atomic E-state index is 10.5. The Morgan fingerprint density at radius 3 is 2.38 bits per heavy atom. The lowest BCUT2D eigenvalue weighted by Crippen LogP contribution is -2.56. The van der Waals surface area contributed by atoms with Crippen molar-refractivity contribution in [1.82, 2.24) is 0 Å². The summed E-state index contributed by atoms with van der Waals surface area (Å²) in [4.78, 5) is 0. The zero-order valence-corrected chi connectivity index (χ0v) is 10.5. The standard InChI is InChI=1S/C13H22O3/c1-9(14)5-6-13-11(2,3)7-10(16-13)8-12(13,4)15/h5-6,9-10,14-15H,7-8H2,1-4H3. The van der Waals surface area contributed by atoms with Crippen LogP contribution in [-0.2, 0) is 4.74 Å². The minimum Gasteiger partial charge on any atom is -0.389 e. The second kappa shape index (κ2) is 3.31. The van der Waals surface area contributed by atoms with E-state index in [2.05, 4.69) is 13.8 Å². The lowest BCUT2D eigenvalue weighted by atomic mass is 9.61. The van der Waals surface area contributed by atoms with Crippen molar-refractivity contribution in [2.45, 2.75) is 63.9 Å². The van der Waals surface area contributed by atoms with Gasteiger partial charge in [-0.05, 0) is 20.3 Å². The van der Waals surface area contributed by atoms with E-state index < -0.39 is 17.3 Å². The molecule has 2 heterocycles. The molecule has 0 aliphatic carbocycles. The summed E-state index contributed by atoms with van der Waals surface area (Å²) in [6.07, 6.45) is 4.86. The molecule has 0 aromatic heterocycles. The molecule has 0 aromatic rings. The molecule has 3 heteroatoms. The van der Waals surface area contributed by atoms with Gasteiger partial charge >= 0.3 is 0 Å².